The molecule has 0 saturated carbocycles. The van der Waals surface area contributed by atoms with Gasteiger partial charge in [-0.05, 0) is 32.3 Å². The largest absolute Gasteiger partial charge is 0.383 e. The fourth-order valence-corrected chi connectivity index (χ4v) is 3.14. The highest BCUT2D eigenvalue weighted by molar-refractivity contribution is 5.84. The zero-order chi connectivity index (χ0) is 17.3. The summed E-state index contributed by atoms with van der Waals surface area (Å²) in [6.45, 7) is 1.21. The molecule has 3 N–H and O–H groups in total. The number of fused-ring (bicyclic) bond motifs is 1. The fourth-order valence-electron chi connectivity index (χ4n) is 3.14. The van der Waals surface area contributed by atoms with Crippen molar-refractivity contribution in [2.24, 2.45) is 0 Å². The summed E-state index contributed by atoms with van der Waals surface area (Å²) < 4.78 is 26.9. The fraction of sp³-hybridized carbons (Fsp3) is 0.412. The third kappa shape index (κ3) is 3.17. The zero-order valence-electron chi connectivity index (χ0n) is 13.3. The standard InChI is InChI=1S/C17H19F2N3O2/c1-17(24,13-6-5-10(18)7-14(13)19)9-20-16(23)11-3-2-4-15-12(11)8-21-22-15/h5-8,11,24H,2-4,9H2,1H3,(H,20,23)(H,21,22). The van der Waals surface area contributed by atoms with Crippen LogP contribution in [0, 0.1) is 11.6 Å². The van der Waals surface area contributed by atoms with E-state index in [0.29, 0.717) is 12.5 Å². The highest BCUT2D eigenvalue weighted by atomic mass is 19.1. The van der Waals surface area contributed by atoms with Crippen LogP contribution in [0.3, 0.4) is 0 Å². The quantitative estimate of drug-likeness (QED) is 0.801. The SMILES string of the molecule is CC(O)(CNC(=O)C1CCCc2[nH]ncc21)c1ccc(F)cc1F. The molecule has 1 heterocycles. The molecule has 0 aliphatic heterocycles. The normalized spacial score (nSPS) is 19.4. The van der Waals surface area contributed by atoms with Gasteiger partial charge in [-0.2, -0.15) is 5.10 Å². The lowest BCUT2D eigenvalue weighted by Crippen LogP contribution is -2.41. The van der Waals surface area contributed by atoms with Crippen molar-refractivity contribution in [3.63, 3.8) is 0 Å². The lowest BCUT2D eigenvalue weighted by atomic mass is 9.86. The van der Waals surface area contributed by atoms with Gasteiger partial charge in [0.15, 0.2) is 0 Å². The van der Waals surface area contributed by atoms with Gasteiger partial charge in [-0.3, -0.25) is 9.89 Å². The third-order valence-corrected chi connectivity index (χ3v) is 4.48. The van der Waals surface area contributed by atoms with Crippen molar-refractivity contribution in [3.8, 4) is 0 Å². The van der Waals surface area contributed by atoms with Crippen LogP contribution < -0.4 is 5.32 Å². The monoisotopic (exact) mass is 335 g/mol. The first-order chi connectivity index (χ1) is 11.4. The van der Waals surface area contributed by atoms with Crippen molar-refractivity contribution in [2.75, 3.05) is 6.54 Å². The van der Waals surface area contributed by atoms with Gasteiger partial charge in [0.1, 0.15) is 17.2 Å². The van der Waals surface area contributed by atoms with E-state index in [1.54, 1.807) is 6.20 Å². The number of hydrogen-bond acceptors (Lipinski definition) is 3. The van der Waals surface area contributed by atoms with Crippen LogP contribution in [-0.4, -0.2) is 27.8 Å². The number of nitrogens with one attached hydrogen (secondary N) is 2. The molecule has 0 spiro atoms. The number of aromatic nitrogens is 2. The summed E-state index contributed by atoms with van der Waals surface area (Å²) in [6.07, 6.45) is 4.08. The number of aliphatic hydroxyl groups is 1. The third-order valence-electron chi connectivity index (χ3n) is 4.48. The van der Waals surface area contributed by atoms with E-state index in [1.165, 1.54) is 13.0 Å². The molecule has 2 atom stereocenters. The Morgan fingerprint density at radius 3 is 3.04 bits per heavy atom. The first-order valence-corrected chi connectivity index (χ1v) is 7.86. The van der Waals surface area contributed by atoms with Crippen molar-refractivity contribution < 1.29 is 18.7 Å². The molecule has 5 nitrogen and oxygen atoms in total. The van der Waals surface area contributed by atoms with Crippen LogP contribution in [0.2, 0.25) is 0 Å². The summed E-state index contributed by atoms with van der Waals surface area (Å²) in [7, 11) is 0. The minimum atomic E-state index is -1.64. The van der Waals surface area contributed by atoms with Gasteiger partial charge >= 0.3 is 0 Å². The second-order valence-corrected chi connectivity index (χ2v) is 6.36. The van der Waals surface area contributed by atoms with Crippen LogP contribution in [0.1, 0.15) is 42.5 Å². The van der Waals surface area contributed by atoms with Crippen LogP contribution in [-0.2, 0) is 16.8 Å². The number of carbonyl (C=O) groups is 1. The Labute approximate surface area is 138 Å². The number of nitrogens with zero attached hydrogens (tertiary/aromatic N) is 1. The lowest BCUT2D eigenvalue weighted by Gasteiger charge is -2.27. The summed E-state index contributed by atoms with van der Waals surface area (Å²) in [5.74, 6) is -2.13. The maximum absolute atomic E-state index is 13.9. The molecule has 1 aromatic carbocycles. The summed E-state index contributed by atoms with van der Waals surface area (Å²) in [5.41, 5.74) is 0.127. The van der Waals surface area contributed by atoms with Crippen molar-refractivity contribution >= 4 is 5.91 Å². The van der Waals surface area contributed by atoms with Crippen molar-refractivity contribution in [2.45, 2.75) is 37.7 Å². The molecular weight excluding hydrogens is 316 g/mol. The van der Waals surface area contributed by atoms with Crippen molar-refractivity contribution in [3.05, 3.63) is 52.9 Å². The molecule has 0 bridgehead atoms. The second-order valence-electron chi connectivity index (χ2n) is 6.36. The van der Waals surface area contributed by atoms with Gasteiger partial charge in [0.25, 0.3) is 0 Å². The molecule has 128 valence electrons. The van der Waals surface area contributed by atoms with Gasteiger partial charge < -0.3 is 10.4 Å². The summed E-state index contributed by atoms with van der Waals surface area (Å²) >= 11 is 0. The number of aromatic amines is 1. The Kier molecular flexibility index (Phi) is 4.36. The predicted octanol–water partition coefficient (Wildman–Crippen LogP) is 2.13. The summed E-state index contributed by atoms with van der Waals surface area (Å²) in [6, 6.07) is 2.98. The van der Waals surface area contributed by atoms with E-state index in [1.807, 2.05) is 0 Å². The van der Waals surface area contributed by atoms with Gasteiger partial charge in [-0.25, -0.2) is 8.78 Å². The molecular formula is C17H19F2N3O2. The maximum Gasteiger partial charge on any atom is 0.227 e. The number of carbonyl (C=O) groups excluding carboxylic acids is 1. The summed E-state index contributed by atoms with van der Waals surface area (Å²) in [4.78, 5) is 12.5. The zero-order valence-corrected chi connectivity index (χ0v) is 13.3. The van der Waals surface area contributed by atoms with E-state index < -0.39 is 17.2 Å². The van der Waals surface area contributed by atoms with Crippen molar-refractivity contribution in [1.29, 1.82) is 0 Å². The number of aryl methyl sites for hydroxylation is 1. The molecule has 3 rings (SSSR count). The van der Waals surface area contributed by atoms with Crippen molar-refractivity contribution in [1.82, 2.24) is 15.5 Å². The number of hydrogen-bond donors (Lipinski definition) is 3. The number of benzene rings is 1. The molecule has 7 heteroatoms. The van der Waals surface area contributed by atoms with Gasteiger partial charge in [0.05, 0.1) is 18.7 Å². The van der Waals surface area contributed by atoms with E-state index in [4.69, 9.17) is 0 Å². The molecule has 24 heavy (non-hydrogen) atoms. The lowest BCUT2D eigenvalue weighted by molar-refractivity contribution is -0.124. The molecule has 0 fully saturated rings. The Morgan fingerprint density at radius 2 is 2.29 bits per heavy atom. The Balaban J connectivity index is 1.70. The number of halogens is 2. The Bertz CT molecular complexity index is 758. The molecule has 0 radical (unpaired) electrons. The molecule has 2 unspecified atom stereocenters. The van der Waals surface area contributed by atoms with Gasteiger partial charge in [-0.15, -0.1) is 0 Å². The Morgan fingerprint density at radius 1 is 1.50 bits per heavy atom. The summed E-state index contributed by atoms with van der Waals surface area (Å²) in [5, 5.41) is 20.0. The van der Waals surface area contributed by atoms with Crippen LogP contribution in [0.5, 0.6) is 0 Å². The number of H-pyrrole nitrogens is 1. The van der Waals surface area contributed by atoms with E-state index >= 15 is 0 Å². The molecule has 1 aliphatic carbocycles. The van der Waals surface area contributed by atoms with E-state index in [-0.39, 0.29) is 23.9 Å². The highest BCUT2D eigenvalue weighted by Crippen LogP contribution is 2.30. The smallest absolute Gasteiger partial charge is 0.227 e. The number of rotatable bonds is 4. The second kappa shape index (κ2) is 6.32. The molecule has 0 saturated heterocycles. The van der Waals surface area contributed by atoms with Crippen LogP contribution in [0.15, 0.2) is 24.4 Å². The highest BCUT2D eigenvalue weighted by Gasteiger charge is 2.31. The molecule has 1 aliphatic rings. The molecule has 1 amide bonds. The minimum Gasteiger partial charge on any atom is -0.383 e. The Hall–Kier alpha value is -2.28. The van der Waals surface area contributed by atoms with Gasteiger partial charge in [0.2, 0.25) is 5.91 Å². The predicted molar refractivity (Wildman–Crippen MR) is 83.2 cm³/mol. The van der Waals surface area contributed by atoms with Crippen LogP contribution >= 0.6 is 0 Å². The topological polar surface area (TPSA) is 78.0 Å². The van der Waals surface area contributed by atoms with Gasteiger partial charge in [0, 0.05) is 22.9 Å². The molecule has 1 aromatic heterocycles. The molecule has 2 aromatic rings. The van der Waals surface area contributed by atoms with E-state index in [2.05, 4.69) is 15.5 Å². The van der Waals surface area contributed by atoms with Gasteiger partial charge in [-0.1, -0.05) is 6.07 Å². The average molecular weight is 335 g/mol. The van der Waals surface area contributed by atoms with E-state index in [9.17, 15) is 18.7 Å². The number of amides is 1. The van der Waals surface area contributed by atoms with Crippen LogP contribution in [0.25, 0.3) is 0 Å². The first kappa shape index (κ1) is 16.6. The average Bonchev–Trinajstić information content (AvgIpc) is 3.00. The maximum atomic E-state index is 13.9. The minimum absolute atomic E-state index is 0.0585. The van der Waals surface area contributed by atoms with Crippen LogP contribution in [0.4, 0.5) is 8.78 Å². The first-order valence-electron chi connectivity index (χ1n) is 7.86. The van der Waals surface area contributed by atoms with E-state index in [0.717, 1.165) is 30.2 Å².